The molecule has 1 aromatic carbocycles. The van der Waals surface area contributed by atoms with Crippen LogP contribution in [0.1, 0.15) is 12.5 Å². The Balaban J connectivity index is 1.67. The number of aryl methyl sites for hydroxylation is 1. The number of anilines is 1. The van der Waals surface area contributed by atoms with Gasteiger partial charge in [0.15, 0.2) is 5.13 Å². The van der Waals surface area contributed by atoms with Crippen molar-refractivity contribution in [3.63, 3.8) is 0 Å². The van der Waals surface area contributed by atoms with Gasteiger partial charge in [-0.15, -0.1) is 11.3 Å². The largest absolute Gasteiger partial charge is 0.302 e. The molecule has 6 nitrogen and oxygen atoms in total. The molecule has 1 amide bonds. The number of nitrogens with one attached hydrogen (secondary N) is 1. The second-order valence-corrected chi connectivity index (χ2v) is 6.37. The molecule has 0 unspecified atom stereocenters. The van der Waals surface area contributed by atoms with Crippen molar-refractivity contribution in [2.75, 3.05) is 5.32 Å². The van der Waals surface area contributed by atoms with Gasteiger partial charge in [0, 0.05) is 10.9 Å². The van der Waals surface area contributed by atoms with Crippen LogP contribution in [0.3, 0.4) is 0 Å². The minimum absolute atomic E-state index is 0.137. The summed E-state index contributed by atoms with van der Waals surface area (Å²) in [6, 6.07) is 4.84. The first-order valence-corrected chi connectivity index (χ1v) is 8.26. The number of benzene rings is 1. The summed E-state index contributed by atoms with van der Waals surface area (Å²) < 4.78 is 15.0. The van der Waals surface area contributed by atoms with Gasteiger partial charge in [-0.05, 0) is 30.7 Å². The highest BCUT2D eigenvalue weighted by atomic mass is 32.1. The number of thiazole rings is 1. The van der Waals surface area contributed by atoms with E-state index in [4.69, 9.17) is 0 Å². The van der Waals surface area contributed by atoms with Crippen LogP contribution >= 0.6 is 11.3 Å². The van der Waals surface area contributed by atoms with Crippen molar-refractivity contribution in [1.82, 2.24) is 19.7 Å². The van der Waals surface area contributed by atoms with E-state index >= 15 is 0 Å². The zero-order valence-corrected chi connectivity index (χ0v) is 14.0. The summed E-state index contributed by atoms with van der Waals surface area (Å²) in [7, 11) is 0. The maximum absolute atomic E-state index is 13.3. The average molecular weight is 345 g/mol. The number of carbonyl (C=O) groups is 1. The predicted molar refractivity (Wildman–Crippen MR) is 90.1 cm³/mol. The number of hydrogen-bond donors (Lipinski definition) is 1. The summed E-state index contributed by atoms with van der Waals surface area (Å²) in [5, 5.41) is 9.14. The van der Waals surface area contributed by atoms with Gasteiger partial charge in [0.2, 0.25) is 5.91 Å². The molecule has 0 saturated heterocycles. The van der Waals surface area contributed by atoms with Crippen LogP contribution in [0.25, 0.3) is 11.3 Å². The first-order valence-electron chi connectivity index (χ1n) is 7.38. The predicted octanol–water partition coefficient (Wildman–Crippen LogP) is 3.12. The lowest BCUT2D eigenvalue weighted by Gasteiger charge is -2.10. The van der Waals surface area contributed by atoms with Gasteiger partial charge >= 0.3 is 0 Å². The highest BCUT2D eigenvalue weighted by molar-refractivity contribution is 7.14. The Morgan fingerprint density at radius 3 is 3.00 bits per heavy atom. The van der Waals surface area contributed by atoms with Crippen LogP contribution < -0.4 is 5.32 Å². The van der Waals surface area contributed by atoms with Gasteiger partial charge < -0.3 is 5.32 Å². The normalized spacial score (nSPS) is 12.1. The van der Waals surface area contributed by atoms with Crippen LogP contribution in [-0.4, -0.2) is 25.7 Å². The summed E-state index contributed by atoms with van der Waals surface area (Å²) in [5.41, 5.74) is 2.09. The third-order valence-electron chi connectivity index (χ3n) is 3.56. The molecule has 24 heavy (non-hydrogen) atoms. The van der Waals surface area contributed by atoms with Gasteiger partial charge in [0.05, 0.1) is 18.2 Å². The monoisotopic (exact) mass is 345 g/mol. The quantitative estimate of drug-likeness (QED) is 0.771. The smallest absolute Gasteiger partial charge is 0.230 e. The summed E-state index contributed by atoms with van der Waals surface area (Å²) in [4.78, 5) is 20.5. The molecule has 0 radical (unpaired) electrons. The summed E-state index contributed by atoms with van der Waals surface area (Å²) in [5.74, 6) is -0.654. The Labute approximate surface area is 142 Å². The number of hydrogen-bond acceptors (Lipinski definition) is 5. The van der Waals surface area contributed by atoms with Crippen molar-refractivity contribution in [2.24, 2.45) is 5.92 Å². The number of aromatic nitrogens is 4. The molecular formula is C16H16FN5OS. The Morgan fingerprint density at radius 2 is 2.29 bits per heavy atom. The molecule has 0 spiro atoms. The van der Waals surface area contributed by atoms with Crippen molar-refractivity contribution in [3.05, 3.63) is 47.6 Å². The Hall–Kier alpha value is -2.61. The molecule has 3 aromatic rings. The van der Waals surface area contributed by atoms with Crippen LogP contribution in [0.5, 0.6) is 0 Å². The van der Waals surface area contributed by atoms with E-state index in [-0.39, 0.29) is 17.6 Å². The van der Waals surface area contributed by atoms with Crippen LogP contribution in [0.15, 0.2) is 36.2 Å². The van der Waals surface area contributed by atoms with Crippen LogP contribution in [-0.2, 0) is 11.3 Å². The van der Waals surface area contributed by atoms with Crippen molar-refractivity contribution in [2.45, 2.75) is 20.4 Å². The van der Waals surface area contributed by atoms with Crippen molar-refractivity contribution >= 4 is 22.4 Å². The highest BCUT2D eigenvalue weighted by Crippen LogP contribution is 2.26. The molecule has 1 atom stereocenters. The first-order chi connectivity index (χ1) is 11.5. The summed E-state index contributed by atoms with van der Waals surface area (Å²) in [6.45, 7) is 3.97. The van der Waals surface area contributed by atoms with Gasteiger partial charge in [-0.25, -0.2) is 14.4 Å². The van der Waals surface area contributed by atoms with Gasteiger partial charge in [-0.3, -0.25) is 9.48 Å². The molecular weight excluding hydrogens is 329 g/mol. The van der Waals surface area contributed by atoms with E-state index in [1.165, 1.54) is 23.7 Å². The lowest BCUT2D eigenvalue weighted by molar-refractivity contribution is -0.119. The van der Waals surface area contributed by atoms with E-state index < -0.39 is 0 Å². The minimum atomic E-state index is -0.271. The molecule has 2 heterocycles. The van der Waals surface area contributed by atoms with Crippen molar-refractivity contribution in [3.8, 4) is 11.3 Å². The fraction of sp³-hybridized carbons (Fsp3) is 0.250. The highest BCUT2D eigenvalue weighted by Gasteiger charge is 2.16. The Morgan fingerprint density at radius 1 is 1.46 bits per heavy atom. The van der Waals surface area contributed by atoms with Crippen LogP contribution in [0.2, 0.25) is 0 Å². The van der Waals surface area contributed by atoms with E-state index in [1.54, 1.807) is 30.1 Å². The summed E-state index contributed by atoms with van der Waals surface area (Å²) >= 11 is 1.34. The van der Waals surface area contributed by atoms with Crippen molar-refractivity contribution in [1.29, 1.82) is 0 Å². The molecule has 0 saturated carbocycles. The topological polar surface area (TPSA) is 72.7 Å². The fourth-order valence-electron chi connectivity index (χ4n) is 2.19. The maximum atomic E-state index is 13.3. The Kier molecular flexibility index (Phi) is 4.66. The van der Waals surface area contributed by atoms with E-state index in [0.717, 1.165) is 5.56 Å². The van der Waals surface area contributed by atoms with E-state index in [1.807, 2.05) is 12.3 Å². The van der Waals surface area contributed by atoms with Gasteiger partial charge in [0.25, 0.3) is 0 Å². The molecule has 0 fully saturated rings. The lowest BCUT2D eigenvalue weighted by atomic mass is 10.1. The van der Waals surface area contributed by atoms with E-state index in [2.05, 4.69) is 20.4 Å². The van der Waals surface area contributed by atoms with Crippen LogP contribution in [0, 0.1) is 18.7 Å². The molecule has 124 valence electrons. The van der Waals surface area contributed by atoms with E-state index in [0.29, 0.717) is 22.9 Å². The minimum Gasteiger partial charge on any atom is -0.302 e. The van der Waals surface area contributed by atoms with Gasteiger partial charge in [-0.1, -0.05) is 6.92 Å². The lowest BCUT2D eigenvalue weighted by Crippen LogP contribution is -2.24. The number of carbonyl (C=O) groups excluding carboxylic acids is 1. The second kappa shape index (κ2) is 6.88. The molecule has 0 aliphatic rings. The SMILES string of the molecule is Cc1cc(-c2csc(NC(=O)[C@@H](C)Cn3cncn3)n2)ccc1F. The standard InChI is InChI=1S/C16H16FN5OS/c1-10-5-12(3-4-13(10)17)14-7-24-16(20-14)21-15(23)11(2)6-22-9-18-8-19-22/h3-5,7-9,11H,6H2,1-2H3,(H,20,21,23)/t11-/m0/s1. The first kappa shape index (κ1) is 16.3. The number of nitrogens with zero attached hydrogens (tertiary/aromatic N) is 4. The zero-order valence-electron chi connectivity index (χ0n) is 13.2. The Bertz CT molecular complexity index is 846. The average Bonchev–Trinajstić information content (AvgIpc) is 3.22. The number of halogens is 1. The van der Waals surface area contributed by atoms with Crippen LogP contribution in [0.4, 0.5) is 9.52 Å². The number of rotatable bonds is 5. The second-order valence-electron chi connectivity index (χ2n) is 5.51. The zero-order chi connectivity index (χ0) is 17.1. The molecule has 2 aromatic heterocycles. The third-order valence-corrected chi connectivity index (χ3v) is 4.32. The van der Waals surface area contributed by atoms with E-state index in [9.17, 15) is 9.18 Å². The maximum Gasteiger partial charge on any atom is 0.230 e. The van der Waals surface area contributed by atoms with Gasteiger partial charge in [0.1, 0.15) is 18.5 Å². The molecule has 1 N–H and O–H groups in total. The van der Waals surface area contributed by atoms with Gasteiger partial charge in [-0.2, -0.15) is 5.10 Å². The van der Waals surface area contributed by atoms with Crippen molar-refractivity contribution < 1.29 is 9.18 Å². The third kappa shape index (κ3) is 3.65. The number of amides is 1. The molecule has 0 aliphatic heterocycles. The molecule has 0 bridgehead atoms. The fourth-order valence-corrected chi connectivity index (χ4v) is 2.91. The molecule has 3 rings (SSSR count). The summed E-state index contributed by atoms with van der Waals surface area (Å²) in [6.07, 6.45) is 3.00. The molecule has 0 aliphatic carbocycles. The molecule has 8 heteroatoms.